The minimum atomic E-state index is 0.310. The van der Waals surface area contributed by atoms with Gasteiger partial charge in [0.05, 0.1) is 6.04 Å². The fourth-order valence-electron chi connectivity index (χ4n) is 2.34. The average Bonchev–Trinajstić information content (AvgIpc) is 2.30. The van der Waals surface area contributed by atoms with Crippen LogP contribution in [0, 0.1) is 18.4 Å². The predicted octanol–water partition coefficient (Wildman–Crippen LogP) is 3.00. The number of benzene rings is 1. The van der Waals surface area contributed by atoms with Crippen LogP contribution >= 0.6 is 0 Å². The molecular formula is C13H16N2. The van der Waals surface area contributed by atoms with E-state index in [1.807, 2.05) is 4.90 Å². The molecule has 1 unspecified atom stereocenters. The predicted molar refractivity (Wildman–Crippen MR) is 60.1 cm³/mol. The molecule has 1 fully saturated rings. The van der Waals surface area contributed by atoms with Crippen LogP contribution in [0.15, 0.2) is 24.3 Å². The molecule has 78 valence electrons. The molecule has 0 bridgehead atoms. The summed E-state index contributed by atoms with van der Waals surface area (Å²) >= 11 is 0. The number of hydrogen-bond acceptors (Lipinski definition) is 2. The molecule has 0 spiro atoms. The molecule has 0 N–H and O–H groups in total. The lowest BCUT2D eigenvalue weighted by Crippen LogP contribution is -2.29. The monoisotopic (exact) mass is 200 g/mol. The lowest BCUT2D eigenvalue weighted by atomic mass is 9.93. The van der Waals surface area contributed by atoms with Crippen LogP contribution in [0.5, 0.6) is 0 Å². The van der Waals surface area contributed by atoms with Crippen LogP contribution in [0.2, 0.25) is 0 Å². The van der Waals surface area contributed by atoms with Gasteiger partial charge in [0.2, 0.25) is 0 Å². The molecule has 1 aromatic rings. The van der Waals surface area contributed by atoms with E-state index >= 15 is 0 Å². The largest absolute Gasteiger partial charge is 0.303 e. The lowest BCUT2D eigenvalue weighted by Gasteiger charge is -2.32. The molecule has 1 heterocycles. The Labute approximate surface area is 91.1 Å². The Bertz CT molecular complexity index is 378. The van der Waals surface area contributed by atoms with Crippen LogP contribution in [-0.4, -0.2) is 11.4 Å². The molecule has 15 heavy (non-hydrogen) atoms. The van der Waals surface area contributed by atoms with Crippen molar-refractivity contribution in [3.8, 4) is 6.19 Å². The van der Waals surface area contributed by atoms with Crippen molar-refractivity contribution in [2.45, 2.75) is 32.2 Å². The smallest absolute Gasteiger partial charge is 0.179 e. The summed E-state index contributed by atoms with van der Waals surface area (Å²) < 4.78 is 0. The van der Waals surface area contributed by atoms with Crippen LogP contribution in [-0.2, 0) is 0 Å². The van der Waals surface area contributed by atoms with Crippen LogP contribution in [0.4, 0.5) is 0 Å². The molecule has 1 aliphatic heterocycles. The van der Waals surface area contributed by atoms with Crippen molar-refractivity contribution < 1.29 is 0 Å². The third-order valence-electron chi connectivity index (χ3n) is 3.18. The number of nitriles is 1. The fraction of sp³-hybridized carbons (Fsp3) is 0.462. The average molecular weight is 200 g/mol. The summed E-state index contributed by atoms with van der Waals surface area (Å²) in [6.07, 6.45) is 5.80. The minimum Gasteiger partial charge on any atom is -0.303 e. The molecule has 2 heteroatoms. The molecular weight excluding hydrogens is 184 g/mol. The summed E-state index contributed by atoms with van der Waals surface area (Å²) in [5, 5.41) is 9.09. The summed E-state index contributed by atoms with van der Waals surface area (Å²) in [5.74, 6) is 0. The topological polar surface area (TPSA) is 27.0 Å². The molecule has 2 rings (SSSR count). The van der Waals surface area contributed by atoms with E-state index in [1.165, 1.54) is 17.5 Å². The van der Waals surface area contributed by atoms with Crippen LogP contribution < -0.4 is 0 Å². The van der Waals surface area contributed by atoms with E-state index < -0.39 is 0 Å². The standard InChI is InChI=1S/C13H16N2/c1-11-6-2-3-7-12(11)13-8-4-5-9-15(13)10-14/h2-3,6-7,13H,4-5,8-9H2,1H3. The van der Waals surface area contributed by atoms with Gasteiger partial charge >= 0.3 is 0 Å². The van der Waals surface area contributed by atoms with Gasteiger partial charge < -0.3 is 4.90 Å². The fourth-order valence-corrected chi connectivity index (χ4v) is 2.34. The Morgan fingerprint density at radius 2 is 2.13 bits per heavy atom. The molecule has 1 atom stereocenters. The first-order chi connectivity index (χ1) is 7.33. The van der Waals surface area contributed by atoms with E-state index in [1.54, 1.807) is 0 Å². The third kappa shape index (κ3) is 1.97. The van der Waals surface area contributed by atoms with Crippen molar-refractivity contribution in [2.75, 3.05) is 6.54 Å². The van der Waals surface area contributed by atoms with Crippen molar-refractivity contribution >= 4 is 0 Å². The van der Waals surface area contributed by atoms with Gasteiger partial charge in [0.25, 0.3) is 0 Å². The van der Waals surface area contributed by atoms with Crippen molar-refractivity contribution in [3.63, 3.8) is 0 Å². The van der Waals surface area contributed by atoms with Crippen molar-refractivity contribution in [3.05, 3.63) is 35.4 Å². The van der Waals surface area contributed by atoms with Crippen LogP contribution in [0.3, 0.4) is 0 Å². The molecule has 1 aromatic carbocycles. The van der Waals surface area contributed by atoms with Crippen LogP contribution in [0.25, 0.3) is 0 Å². The van der Waals surface area contributed by atoms with E-state index in [2.05, 4.69) is 37.4 Å². The molecule has 0 amide bonds. The van der Waals surface area contributed by atoms with Gasteiger partial charge in [0.15, 0.2) is 6.19 Å². The highest BCUT2D eigenvalue weighted by atomic mass is 15.2. The van der Waals surface area contributed by atoms with Gasteiger partial charge in [0, 0.05) is 6.54 Å². The third-order valence-corrected chi connectivity index (χ3v) is 3.18. The zero-order valence-corrected chi connectivity index (χ0v) is 9.11. The second kappa shape index (κ2) is 4.35. The number of aryl methyl sites for hydroxylation is 1. The first-order valence-electron chi connectivity index (χ1n) is 5.55. The summed E-state index contributed by atoms with van der Waals surface area (Å²) in [5.41, 5.74) is 2.61. The number of hydrogen-bond donors (Lipinski definition) is 0. The Balaban J connectivity index is 2.29. The highest BCUT2D eigenvalue weighted by Crippen LogP contribution is 2.31. The molecule has 1 aliphatic rings. The molecule has 0 radical (unpaired) electrons. The van der Waals surface area contributed by atoms with Gasteiger partial charge in [0.1, 0.15) is 0 Å². The number of rotatable bonds is 1. The Hall–Kier alpha value is -1.49. The zero-order chi connectivity index (χ0) is 10.7. The SMILES string of the molecule is Cc1ccccc1C1CCCCN1C#N. The normalized spacial score (nSPS) is 21.1. The number of nitrogens with zero attached hydrogens (tertiary/aromatic N) is 2. The maximum atomic E-state index is 9.09. The number of piperidine rings is 1. The molecule has 0 aliphatic carbocycles. The van der Waals surface area contributed by atoms with Gasteiger partial charge in [-0.1, -0.05) is 24.3 Å². The van der Waals surface area contributed by atoms with Crippen molar-refractivity contribution in [2.24, 2.45) is 0 Å². The van der Waals surface area contributed by atoms with E-state index in [9.17, 15) is 0 Å². The summed E-state index contributed by atoms with van der Waals surface area (Å²) in [4.78, 5) is 1.92. The van der Waals surface area contributed by atoms with Gasteiger partial charge in [-0.2, -0.15) is 5.26 Å². The maximum absolute atomic E-state index is 9.09. The second-order valence-corrected chi connectivity index (χ2v) is 4.16. The quantitative estimate of drug-likeness (QED) is 0.651. The highest BCUT2D eigenvalue weighted by Gasteiger charge is 2.23. The lowest BCUT2D eigenvalue weighted by molar-refractivity contribution is 0.226. The van der Waals surface area contributed by atoms with Crippen molar-refractivity contribution in [1.29, 1.82) is 5.26 Å². The van der Waals surface area contributed by atoms with Gasteiger partial charge in [-0.05, 0) is 37.3 Å². The van der Waals surface area contributed by atoms with E-state index in [0.29, 0.717) is 6.04 Å². The first kappa shape index (κ1) is 10.0. The van der Waals surface area contributed by atoms with Crippen molar-refractivity contribution in [1.82, 2.24) is 4.90 Å². The molecule has 0 saturated carbocycles. The number of likely N-dealkylation sites (tertiary alicyclic amines) is 1. The van der Waals surface area contributed by atoms with Gasteiger partial charge in [-0.25, -0.2) is 0 Å². The summed E-state index contributed by atoms with van der Waals surface area (Å²) in [6, 6.07) is 8.70. The highest BCUT2D eigenvalue weighted by molar-refractivity contribution is 5.29. The molecule has 2 nitrogen and oxygen atoms in total. The second-order valence-electron chi connectivity index (χ2n) is 4.16. The maximum Gasteiger partial charge on any atom is 0.179 e. The first-order valence-corrected chi connectivity index (χ1v) is 5.55. The van der Waals surface area contributed by atoms with E-state index in [0.717, 1.165) is 19.4 Å². The molecule has 1 saturated heterocycles. The Kier molecular flexibility index (Phi) is 2.91. The minimum absolute atomic E-state index is 0.310. The zero-order valence-electron chi connectivity index (χ0n) is 9.11. The van der Waals surface area contributed by atoms with Gasteiger partial charge in [-0.15, -0.1) is 0 Å². The van der Waals surface area contributed by atoms with E-state index in [4.69, 9.17) is 5.26 Å². The Morgan fingerprint density at radius 1 is 1.33 bits per heavy atom. The van der Waals surface area contributed by atoms with E-state index in [-0.39, 0.29) is 0 Å². The van der Waals surface area contributed by atoms with Crippen LogP contribution in [0.1, 0.15) is 36.4 Å². The summed E-state index contributed by atoms with van der Waals surface area (Å²) in [6.45, 7) is 3.04. The molecule has 0 aromatic heterocycles. The summed E-state index contributed by atoms with van der Waals surface area (Å²) in [7, 11) is 0. The Morgan fingerprint density at radius 3 is 2.87 bits per heavy atom. The van der Waals surface area contributed by atoms with Gasteiger partial charge in [-0.3, -0.25) is 0 Å².